The van der Waals surface area contributed by atoms with Crippen LogP contribution in [0.4, 0.5) is 0 Å². The van der Waals surface area contributed by atoms with Gasteiger partial charge in [-0.2, -0.15) is 0 Å². The van der Waals surface area contributed by atoms with E-state index in [-0.39, 0.29) is 11.8 Å². The topological polar surface area (TPSA) is 69.9 Å². The van der Waals surface area contributed by atoms with Crippen molar-refractivity contribution < 1.29 is 9.59 Å². The maximum Gasteiger partial charge on any atom is 0.236 e. The maximum atomic E-state index is 12.5. The van der Waals surface area contributed by atoms with E-state index in [1.54, 1.807) is 11.8 Å². The second-order valence-electron chi connectivity index (χ2n) is 6.28. The molecule has 120 valence electrons. The first kappa shape index (κ1) is 16.2. The number of nitrogens with zero attached hydrogens (tertiary/aromatic N) is 3. The monoisotopic (exact) mass is 296 g/mol. The van der Waals surface area contributed by atoms with E-state index < -0.39 is 0 Å². The number of piperazine rings is 1. The average Bonchev–Trinajstić information content (AvgIpc) is 2.47. The van der Waals surface area contributed by atoms with E-state index >= 15 is 0 Å². The van der Waals surface area contributed by atoms with Crippen LogP contribution in [0.25, 0.3) is 0 Å². The lowest BCUT2D eigenvalue weighted by molar-refractivity contribution is -0.140. The smallest absolute Gasteiger partial charge is 0.236 e. The second kappa shape index (κ2) is 7.22. The Morgan fingerprint density at radius 2 is 1.71 bits per heavy atom. The third kappa shape index (κ3) is 3.95. The number of piperidine rings is 1. The number of nitrogens with two attached hydrogens (primary N) is 1. The molecule has 2 atom stereocenters. The Labute approximate surface area is 127 Å². The van der Waals surface area contributed by atoms with Crippen molar-refractivity contribution in [3.05, 3.63) is 0 Å². The fraction of sp³-hybridized carbons (Fsp3) is 0.867. The summed E-state index contributed by atoms with van der Waals surface area (Å²) in [5.74, 6) is 0.826. The summed E-state index contributed by atoms with van der Waals surface area (Å²) < 4.78 is 0. The predicted molar refractivity (Wildman–Crippen MR) is 81.6 cm³/mol. The highest BCUT2D eigenvalue weighted by Crippen LogP contribution is 2.22. The van der Waals surface area contributed by atoms with Crippen molar-refractivity contribution in [3.63, 3.8) is 0 Å². The summed E-state index contributed by atoms with van der Waals surface area (Å²) in [6.07, 6.45) is 2.34. The molecule has 0 radical (unpaired) electrons. The van der Waals surface area contributed by atoms with Gasteiger partial charge in [-0.05, 0) is 25.3 Å². The Hall–Kier alpha value is -1.14. The van der Waals surface area contributed by atoms with Crippen LogP contribution in [-0.4, -0.2) is 78.4 Å². The molecule has 2 aliphatic rings. The van der Waals surface area contributed by atoms with Crippen LogP contribution in [0.3, 0.4) is 0 Å². The molecule has 2 N–H and O–H groups in total. The van der Waals surface area contributed by atoms with Gasteiger partial charge in [0.25, 0.3) is 0 Å². The largest absolute Gasteiger partial charge is 0.339 e. The number of hydrogen-bond acceptors (Lipinski definition) is 4. The highest BCUT2D eigenvalue weighted by Gasteiger charge is 2.30. The summed E-state index contributed by atoms with van der Waals surface area (Å²) in [4.78, 5) is 29.7. The number of carbonyl (C=O) groups is 2. The molecule has 0 spiro atoms. The normalized spacial score (nSPS) is 27.8. The third-order valence-corrected chi connectivity index (χ3v) is 4.89. The minimum absolute atomic E-state index is 0.0927. The summed E-state index contributed by atoms with van der Waals surface area (Å²) in [6, 6.07) is 0.321. The van der Waals surface area contributed by atoms with E-state index in [4.69, 9.17) is 5.73 Å². The molecule has 21 heavy (non-hydrogen) atoms. The third-order valence-electron chi connectivity index (χ3n) is 4.89. The van der Waals surface area contributed by atoms with E-state index in [1.165, 1.54) is 6.42 Å². The fourth-order valence-electron chi connectivity index (χ4n) is 3.46. The van der Waals surface area contributed by atoms with Crippen LogP contribution in [0.2, 0.25) is 0 Å². The predicted octanol–water partition coefficient (Wildman–Crippen LogP) is -0.264. The van der Waals surface area contributed by atoms with Crippen LogP contribution in [0.15, 0.2) is 0 Å². The van der Waals surface area contributed by atoms with Crippen molar-refractivity contribution in [2.45, 2.75) is 32.7 Å². The van der Waals surface area contributed by atoms with Gasteiger partial charge in [-0.15, -0.1) is 0 Å². The minimum atomic E-state index is 0.0927. The van der Waals surface area contributed by atoms with E-state index in [9.17, 15) is 9.59 Å². The molecule has 0 saturated carbocycles. The standard InChI is InChI=1S/C15H28N4O2/c1-12-4-3-5-19(14(12)10-16)11-15(21)18-8-6-17(7-9-18)13(2)20/h12,14H,3-11,16H2,1-2H3. The van der Waals surface area contributed by atoms with Crippen LogP contribution in [0.1, 0.15) is 26.7 Å². The van der Waals surface area contributed by atoms with E-state index in [2.05, 4.69) is 11.8 Å². The number of hydrogen-bond donors (Lipinski definition) is 1. The molecule has 2 saturated heterocycles. The van der Waals surface area contributed by atoms with Crippen molar-refractivity contribution >= 4 is 11.8 Å². The molecule has 2 rings (SSSR count). The zero-order valence-electron chi connectivity index (χ0n) is 13.3. The molecule has 0 aromatic carbocycles. The van der Waals surface area contributed by atoms with Gasteiger partial charge >= 0.3 is 0 Å². The summed E-state index contributed by atoms with van der Waals surface area (Å²) in [5.41, 5.74) is 5.88. The van der Waals surface area contributed by atoms with Crippen molar-refractivity contribution in [1.29, 1.82) is 0 Å². The summed E-state index contributed by atoms with van der Waals surface area (Å²) >= 11 is 0. The first-order valence-corrected chi connectivity index (χ1v) is 8.00. The molecular formula is C15H28N4O2. The summed E-state index contributed by atoms with van der Waals surface area (Å²) in [6.45, 7) is 8.45. The van der Waals surface area contributed by atoms with Crippen LogP contribution >= 0.6 is 0 Å². The van der Waals surface area contributed by atoms with Crippen LogP contribution in [-0.2, 0) is 9.59 Å². The van der Waals surface area contributed by atoms with E-state index in [0.717, 1.165) is 13.0 Å². The summed E-state index contributed by atoms with van der Waals surface area (Å²) in [7, 11) is 0. The lowest BCUT2D eigenvalue weighted by atomic mass is 9.91. The molecule has 0 aromatic rings. The van der Waals surface area contributed by atoms with Crippen molar-refractivity contribution in [2.75, 3.05) is 45.8 Å². The number of rotatable bonds is 3. The SMILES string of the molecule is CC(=O)N1CCN(C(=O)CN2CCCC(C)C2CN)CC1. The van der Waals surface area contributed by atoms with Crippen molar-refractivity contribution in [1.82, 2.24) is 14.7 Å². The second-order valence-corrected chi connectivity index (χ2v) is 6.28. The summed E-state index contributed by atoms with van der Waals surface area (Å²) in [5, 5.41) is 0. The lowest BCUT2D eigenvalue weighted by Gasteiger charge is -2.41. The van der Waals surface area contributed by atoms with Gasteiger partial charge in [-0.3, -0.25) is 14.5 Å². The van der Waals surface area contributed by atoms with Gasteiger partial charge in [0.15, 0.2) is 0 Å². The van der Waals surface area contributed by atoms with Gasteiger partial charge in [0, 0.05) is 45.7 Å². The molecule has 6 heteroatoms. The van der Waals surface area contributed by atoms with Gasteiger partial charge in [0.2, 0.25) is 11.8 Å². The van der Waals surface area contributed by atoms with Gasteiger partial charge in [0.1, 0.15) is 0 Å². The molecule has 0 bridgehead atoms. The highest BCUT2D eigenvalue weighted by atomic mass is 16.2. The molecule has 0 aromatic heterocycles. The molecule has 2 amide bonds. The van der Waals surface area contributed by atoms with Crippen molar-refractivity contribution in [2.24, 2.45) is 11.7 Å². The van der Waals surface area contributed by atoms with Crippen LogP contribution in [0.5, 0.6) is 0 Å². The number of amides is 2. The molecule has 2 fully saturated rings. The molecular weight excluding hydrogens is 268 g/mol. The number of likely N-dealkylation sites (tertiary alicyclic amines) is 1. The Bertz CT molecular complexity index is 380. The first-order chi connectivity index (χ1) is 10.0. The zero-order chi connectivity index (χ0) is 15.4. The van der Waals surface area contributed by atoms with Crippen LogP contribution in [0, 0.1) is 5.92 Å². The van der Waals surface area contributed by atoms with Gasteiger partial charge in [0.05, 0.1) is 6.54 Å². The Morgan fingerprint density at radius 1 is 1.10 bits per heavy atom. The Kier molecular flexibility index (Phi) is 5.58. The molecule has 6 nitrogen and oxygen atoms in total. The van der Waals surface area contributed by atoms with E-state index in [0.29, 0.717) is 51.2 Å². The van der Waals surface area contributed by atoms with Gasteiger partial charge in [-0.25, -0.2) is 0 Å². The lowest BCUT2D eigenvalue weighted by Crippen LogP contribution is -2.55. The average molecular weight is 296 g/mol. The molecule has 2 unspecified atom stereocenters. The minimum Gasteiger partial charge on any atom is -0.339 e. The quantitative estimate of drug-likeness (QED) is 0.779. The Balaban J connectivity index is 1.85. The molecule has 2 heterocycles. The van der Waals surface area contributed by atoms with Gasteiger partial charge < -0.3 is 15.5 Å². The molecule has 0 aliphatic carbocycles. The zero-order valence-corrected chi connectivity index (χ0v) is 13.3. The Morgan fingerprint density at radius 3 is 2.29 bits per heavy atom. The van der Waals surface area contributed by atoms with Gasteiger partial charge in [-0.1, -0.05) is 6.92 Å². The van der Waals surface area contributed by atoms with Crippen molar-refractivity contribution in [3.8, 4) is 0 Å². The number of carbonyl (C=O) groups excluding carboxylic acids is 2. The van der Waals surface area contributed by atoms with Crippen LogP contribution < -0.4 is 5.73 Å². The highest BCUT2D eigenvalue weighted by molar-refractivity contribution is 5.79. The fourth-order valence-corrected chi connectivity index (χ4v) is 3.46. The van der Waals surface area contributed by atoms with E-state index in [1.807, 2.05) is 4.90 Å². The first-order valence-electron chi connectivity index (χ1n) is 8.00. The maximum absolute atomic E-state index is 12.5. The molecule has 2 aliphatic heterocycles.